The van der Waals surface area contributed by atoms with E-state index in [1.54, 1.807) is 60.7 Å². The number of ketones is 1. The van der Waals surface area contributed by atoms with E-state index in [0.717, 1.165) is 11.1 Å². The van der Waals surface area contributed by atoms with Crippen molar-refractivity contribution in [2.24, 2.45) is 0 Å². The molecule has 1 N–H and O–H groups in total. The van der Waals surface area contributed by atoms with Crippen molar-refractivity contribution in [2.45, 2.75) is 19.0 Å². The number of aryl methyl sites for hydroxylation is 1. The molecule has 0 aromatic heterocycles. The van der Waals surface area contributed by atoms with Gasteiger partial charge in [-0.05, 0) is 42.3 Å². The summed E-state index contributed by atoms with van der Waals surface area (Å²) in [6, 6.07) is 32.3. The maximum atomic E-state index is 14.1. The van der Waals surface area contributed by atoms with Gasteiger partial charge in [0, 0.05) is 17.7 Å². The fourth-order valence-electron chi connectivity index (χ4n) is 4.61. The molecule has 0 spiro atoms. The minimum atomic E-state index is -1.88. The highest BCUT2D eigenvalue weighted by molar-refractivity contribution is 6.32. The summed E-state index contributed by atoms with van der Waals surface area (Å²) in [5.41, 5.74) is 1.60. The number of benzene rings is 4. The fourth-order valence-corrected chi connectivity index (χ4v) is 4.61. The van der Waals surface area contributed by atoms with E-state index in [-0.39, 0.29) is 6.54 Å². The van der Waals surface area contributed by atoms with Crippen molar-refractivity contribution in [3.8, 4) is 0 Å². The van der Waals surface area contributed by atoms with E-state index in [2.05, 4.69) is 5.32 Å². The molecule has 2 amide bonds. The zero-order chi connectivity index (χ0) is 24.4. The lowest BCUT2D eigenvalue weighted by Gasteiger charge is -2.36. The largest absolute Gasteiger partial charge is 0.349 e. The Kier molecular flexibility index (Phi) is 5.75. The molecule has 1 heterocycles. The number of hydrogen-bond donors (Lipinski definition) is 1. The van der Waals surface area contributed by atoms with Gasteiger partial charge in [-0.25, -0.2) is 0 Å². The molecule has 0 aliphatic carbocycles. The number of fused-ring (bicyclic) bond motifs is 1. The second-order valence-corrected chi connectivity index (χ2v) is 8.60. The summed E-state index contributed by atoms with van der Waals surface area (Å²) >= 11 is 0. The van der Waals surface area contributed by atoms with Gasteiger partial charge in [0.25, 0.3) is 11.8 Å². The van der Waals surface area contributed by atoms with Gasteiger partial charge in [-0.2, -0.15) is 0 Å². The van der Waals surface area contributed by atoms with Gasteiger partial charge in [-0.3, -0.25) is 19.3 Å². The van der Waals surface area contributed by atoms with Gasteiger partial charge >= 0.3 is 0 Å². The normalized spacial score (nSPS) is 16.6. The number of para-hydroxylation sites is 1. The van der Waals surface area contributed by atoms with Crippen LogP contribution in [0.4, 0.5) is 5.69 Å². The number of nitrogens with zero attached hydrogens (tertiary/aromatic N) is 1. The number of carbonyl (C=O) groups is 3. The van der Waals surface area contributed by atoms with E-state index in [1.807, 2.05) is 55.5 Å². The van der Waals surface area contributed by atoms with Crippen LogP contribution in [0.1, 0.15) is 37.4 Å². The molecule has 1 aliphatic heterocycles. The molecule has 0 bridgehead atoms. The molecule has 0 saturated heterocycles. The number of Topliss-reactive ketones (excluding diaryl/α,β-unsaturated/α-hetero) is 1. The molecular formula is C30H24N2O3. The predicted octanol–water partition coefficient (Wildman–Crippen LogP) is 5.05. The van der Waals surface area contributed by atoms with Crippen molar-refractivity contribution in [3.63, 3.8) is 0 Å². The lowest BCUT2D eigenvalue weighted by Crippen LogP contribution is -2.60. The van der Waals surface area contributed by atoms with Crippen LogP contribution in [0.3, 0.4) is 0 Å². The van der Waals surface area contributed by atoms with Crippen LogP contribution in [0.2, 0.25) is 0 Å². The zero-order valence-electron chi connectivity index (χ0n) is 19.3. The zero-order valence-corrected chi connectivity index (χ0v) is 19.3. The predicted molar refractivity (Wildman–Crippen MR) is 135 cm³/mol. The molecule has 4 aromatic carbocycles. The lowest BCUT2D eigenvalue weighted by atomic mass is 9.82. The first kappa shape index (κ1) is 22.3. The molecule has 5 heteroatoms. The van der Waals surface area contributed by atoms with Crippen molar-refractivity contribution in [1.82, 2.24) is 5.32 Å². The van der Waals surface area contributed by atoms with Gasteiger partial charge in [-0.1, -0.05) is 90.5 Å². The SMILES string of the molecule is Cc1ccc(C2(C(=O)NCc3ccccc3)C(=O)c3ccccc3N2C(=O)c2ccccc2)cc1. The Hall–Kier alpha value is -4.51. The van der Waals surface area contributed by atoms with Crippen molar-refractivity contribution < 1.29 is 14.4 Å². The van der Waals surface area contributed by atoms with Gasteiger partial charge in [0.2, 0.25) is 11.3 Å². The van der Waals surface area contributed by atoms with Crippen molar-refractivity contribution in [2.75, 3.05) is 4.90 Å². The van der Waals surface area contributed by atoms with E-state index < -0.39 is 23.1 Å². The molecule has 1 unspecified atom stereocenters. The second kappa shape index (κ2) is 9.03. The average Bonchev–Trinajstić information content (AvgIpc) is 3.17. The fraction of sp³-hybridized carbons (Fsp3) is 0.100. The van der Waals surface area contributed by atoms with Crippen LogP contribution >= 0.6 is 0 Å². The Labute approximate surface area is 204 Å². The van der Waals surface area contributed by atoms with E-state index in [9.17, 15) is 14.4 Å². The standard InChI is InChI=1S/C30H24N2O3/c1-21-16-18-24(19-17-21)30(29(35)31-20-22-10-4-2-5-11-22)27(33)25-14-8-9-15-26(25)32(30)28(34)23-12-6-3-7-13-23/h2-19H,20H2,1H3,(H,31,35). The molecular weight excluding hydrogens is 436 g/mol. The van der Waals surface area contributed by atoms with Crippen LogP contribution in [0.5, 0.6) is 0 Å². The van der Waals surface area contributed by atoms with Gasteiger partial charge in [-0.15, -0.1) is 0 Å². The Bertz CT molecular complexity index is 1400. The third kappa shape index (κ3) is 3.71. The summed E-state index contributed by atoms with van der Waals surface area (Å²) in [5.74, 6) is -1.39. The van der Waals surface area contributed by atoms with Crippen LogP contribution in [0.25, 0.3) is 0 Å². The van der Waals surface area contributed by atoms with Crippen LogP contribution in [-0.4, -0.2) is 17.6 Å². The van der Waals surface area contributed by atoms with Gasteiger partial charge in [0.15, 0.2) is 0 Å². The first-order chi connectivity index (χ1) is 17.0. The number of carbonyl (C=O) groups excluding carboxylic acids is 3. The number of amides is 2. The third-order valence-electron chi connectivity index (χ3n) is 6.37. The number of anilines is 1. The monoisotopic (exact) mass is 460 g/mol. The number of hydrogen-bond acceptors (Lipinski definition) is 3. The highest BCUT2D eigenvalue weighted by Crippen LogP contribution is 2.46. The van der Waals surface area contributed by atoms with Crippen molar-refractivity contribution >= 4 is 23.3 Å². The summed E-state index contributed by atoms with van der Waals surface area (Å²) in [6.07, 6.45) is 0. The molecule has 0 radical (unpaired) electrons. The maximum Gasteiger partial charge on any atom is 0.259 e. The second-order valence-electron chi connectivity index (χ2n) is 8.60. The smallest absolute Gasteiger partial charge is 0.259 e. The van der Waals surface area contributed by atoms with Crippen LogP contribution < -0.4 is 10.2 Å². The van der Waals surface area contributed by atoms with E-state index in [0.29, 0.717) is 22.4 Å². The van der Waals surface area contributed by atoms with E-state index in [1.165, 1.54) is 4.90 Å². The molecule has 0 saturated carbocycles. The molecule has 35 heavy (non-hydrogen) atoms. The topological polar surface area (TPSA) is 66.5 Å². The minimum Gasteiger partial charge on any atom is -0.349 e. The molecule has 0 fully saturated rings. The van der Waals surface area contributed by atoms with Crippen molar-refractivity contribution in [3.05, 3.63) is 137 Å². The highest BCUT2D eigenvalue weighted by atomic mass is 16.2. The minimum absolute atomic E-state index is 0.226. The van der Waals surface area contributed by atoms with Crippen LogP contribution in [0.15, 0.2) is 109 Å². The van der Waals surface area contributed by atoms with Crippen LogP contribution in [0, 0.1) is 6.92 Å². The van der Waals surface area contributed by atoms with Gasteiger partial charge in [0.05, 0.1) is 5.69 Å². The number of nitrogens with one attached hydrogen (secondary N) is 1. The number of rotatable bonds is 5. The highest BCUT2D eigenvalue weighted by Gasteiger charge is 2.60. The molecule has 1 atom stereocenters. The molecule has 172 valence electrons. The van der Waals surface area contributed by atoms with Crippen LogP contribution in [-0.2, 0) is 16.9 Å². The molecule has 5 rings (SSSR count). The summed E-state index contributed by atoms with van der Waals surface area (Å²) in [5, 5.41) is 2.94. The summed E-state index contributed by atoms with van der Waals surface area (Å²) in [4.78, 5) is 43.6. The summed E-state index contributed by atoms with van der Waals surface area (Å²) < 4.78 is 0. The lowest BCUT2D eigenvalue weighted by molar-refractivity contribution is -0.125. The first-order valence-corrected chi connectivity index (χ1v) is 11.5. The maximum absolute atomic E-state index is 14.1. The molecule has 4 aromatic rings. The summed E-state index contributed by atoms with van der Waals surface area (Å²) in [6.45, 7) is 2.16. The van der Waals surface area contributed by atoms with Gasteiger partial charge < -0.3 is 5.32 Å². The van der Waals surface area contributed by atoms with E-state index in [4.69, 9.17) is 0 Å². The Morgan fingerprint density at radius 2 is 1.37 bits per heavy atom. The summed E-state index contributed by atoms with van der Waals surface area (Å²) in [7, 11) is 0. The Morgan fingerprint density at radius 3 is 2.06 bits per heavy atom. The quantitative estimate of drug-likeness (QED) is 0.424. The molecule has 5 nitrogen and oxygen atoms in total. The average molecular weight is 461 g/mol. The van der Waals surface area contributed by atoms with Gasteiger partial charge in [0.1, 0.15) is 0 Å². The Balaban J connectivity index is 1.70. The first-order valence-electron chi connectivity index (χ1n) is 11.5. The van der Waals surface area contributed by atoms with Crippen molar-refractivity contribution in [1.29, 1.82) is 0 Å². The van der Waals surface area contributed by atoms with E-state index >= 15 is 0 Å². The molecule has 1 aliphatic rings. The Morgan fingerprint density at radius 1 is 0.771 bits per heavy atom. The third-order valence-corrected chi connectivity index (χ3v) is 6.37.